The summed E-state index contributed by atoms with van der Waals surface area (Å²) in [5.74, 6) is -0.175. The van der Waals surface area contributed by atoms with Gasteiger partial charge < -0.3 is 5.73 Å². The van der Waals surface area contributed by atoms with E-state index in [0.29, 0.717) is 11.7 Å². The number of halogens is 2. The maximum Gasteiger partial charge on any atom is 0.169 e. The number of rotatable bonds is 3. The lowest BCUT2D eigenvalue weighted by molar-refractivity contribution is 0.552. The Hall–Kier alpha value is -1.98. The number of nitrogens with zero attached hydrogens (tertiary/aromatic N) is 3. The fourth-order valence-electron chi connectivity index (χ4n) is 2.05. The van der Waals surface area contributed by atoms with Gasteiger partial charge in [-0.25, -0.2) is 13.5 Å². The Morgan fingerprint density at radius 2 is 2.11 bits per heavy atom. The summed E-state index contributed by atoms with van der Waals surface area (Å²) in [6.45, 7) is 0.152. The lowest BCUT2D eigenvalue weighted by atomic mass is 10.2. The molecule has 2 N–H and O–H groups in total. The van der Waals surface area contributed by atoms with E-state index in [-0.39, 0.29) is 12.1 Å². The molecule has 0 radical (unpaired) electrons. The molecule has 0 amide bonds. The van der Waals surface area contributed by atoms with E-state index in [2.05, 4.69) is 10.3 Å². The molecule has 0 atom stereocenters. The summed E-state index contributed by atoms with van der Waals surface area (Å²) in [5, 5.41) is 7.70. The summed E-state index contributed by atoms with van der Waals surface area (Å²) in [7, 11) is 0. The summed E-state index contributed by atoms with van der Waals surface area (Å²) in [4.78, 5) is 0. The fourth-order valence-corrected chi connectivity index (χ4v) is 2.05. The van der Waals surface area contributed by atoms with Gasteiger partial charge in [-0.05, 0) is 31.0 Å². The minimum atomic E-state index is -0.465. The van der Waals surface area contributed by atoms with Crippen molar-refractivity contribution < 1.29 is 8.78 Å². The summed E-state index contributed by atoms with van der Waals surface area (Å²) >= 11 is 0. The zero-order valence-electron chi connectivity index (χ0n) is 9.61. The van der Waals surface area contributed by atoms with E-state index in [4.69, 9.17) is 5.73 Å². The Morgan fingerprint density at radius 1 is 1.33 bits per heavy atom. The first-order valence-electron chi connectivity index (χ1n) is 5.78. The van der Waals surface area contributed by atoms with Gasteiger partial charge in [0.15, 0.2) is 5.82 Å². The SMILES string of the molecule is Nc1nnn(Cc2cc(F)ccc2F)c1C1CC1. The molecule has 94 valence electrons. The number of anilines is 1. The van der Waals surface area contributed by atoms with Crippen LogP contribution in [0.2, 0.25) is 0 Å². The third kappa shape index (κ3) is 1.94. The molecule has 1 aromatic carbocycles. The summed E-state index contributed by atoms with van der Waals surface area (Å²) in [5.41, 5.74) is 6.83. The van der Waals surface area contributed by atoms with Gasteiger partial charge in [0, 0.05) is 11.5 Å². The maximum absolute atomic E-state index is 13.6. The first kappa shape index (κ1) is 11.1. The molecule has 4 nitrogen and oxygen atoms in total. The largest absolute Gasteiger partial charge is 0.381 e. The molecule has 0 bridgehead atoms. The van der Waals surface area contributed by atoms with Gasteiger partial charge in [-0.2, -0.15) is 0 Å². The highest BCUT2D eigenvalue weighted by atomic mass is 19.1. The van der Waals surface area contributed by atoms with Crippen molar-refractivity contribution in [1.29, 1.82) is 0 Å². The second-order valence-electron chi connectivity index (χ2n) is 4.53. The van der Waals surface area contributed by atoms with Gasteiger partial charge in [-0.3, -0.25) is 0 Å². The summed E-state index contributed by atoms with van der Waals surface area (Å²) in [6.07, 6.45) is 2.09. The number of nitrogen functional groups attached to an aromatic ring is 1. The minimum Gasteiger partial charge on any atom is -0.381 e. The topological polar surface area (TPSA) is 56.7 Å². The summed E-state index contributed by atoms with van der Waals surface area (Å²) < 4.78 is 28.2. The normalized spacial score (nSPS) is 15.0. The smallest absolute Gasteiger partial charge is 0.169 e. The lowest BCUT2D eigenvalue weighted by Crippen LogP contribution is -2.08. The van der Waals surface area contributed by atoms with Crippen LogP contribution in [0, 0.1) is 11.6 Å². The average molecular weight is 250 g/mol. The van der Waals surface area contributed by atoms with Gasteiger partial charge >= 0.3 is 0 Å². The van der Waals surface area contributed by atoms with Crippen molar-refractivity contribution in [3.63, 3.8) is 0 Å². The number of aromatic nitrogens is 3. The number of benzene rings is 1. The van der Waals surface area contributed by atoms with Gasteiger partial charge in [0.25, 0.3) is 0 Å². The highest BCUT2D eigenvalue weighted by Crippen LogP contribution is 2.42. The highest BCUT2D eigenvalue weighted by Gasteiger charge is 2.30. The Balaban J connectivity index is 1.94. The van der Waals surface area contributed by atoms with E-state index in [1.807, 2.05) is 0 Å². The average Bonchev–Trinajstić information content (AvgIpc) is 3.10. The van der Waals surface area contributed by atoms with Crippen molar-refractivity contribution in [2.75, 3.05) is 5.73 Å². The Bertz CT molecular complexity index is 590. The standard InChI is InChI=1S/C12H12F2N4/c13-9-3-4-10(14)8(5-9)6-18-11(7-1-2-7)12(15)16-17-18/h3-5,7H,1-2,6,15H2. The van der Waals surface area contributed by atoms with Gasteiger partial charge in [0.2, 0.25) is 0 Å². The van der Waals surface area contributed by atoms with Crippen molar-refractivity contribution >= 4 is 5.82 Å². The van der Waals surface area contributed by atoms with Crippen molar-refractivity contribution in [3.05, 3.63) is 41.1 Å². The Labute approximate surface area is 102 Å². The maximum atomic E-state index is 13.6. The molecule has 3 rings (SSSR count). The van der Waals surface area contributed by atoms with Gasteiger partial charge in [-0.15, -0.1) is 5.10 Å². The number of hydrogen-bond donors (Lipinski definition) is 1. The van der Waals surface area contributed by atoms with Crippen LogP contribution in [0.25, 0.3) is 0 Å². The first-order chi connectivity index (χ1) is 8.65. The fraction of sp³-hybridized carbons (Fsp3) is 0.333. The zero-order chi connectivity index (χ0) is 12.7. The molecule has 1 aliphatic rings. The van der Waals surface area contributed by atoms with E-state index >= 15 is 0 Å². The van der Waals surface area contributed by atoms with E-state index in [1.54, 1.807) is 4.68 Å². The van der Waals surface area contributed by atoms with Gasteiger partial charge in [-0.1, -0.05) is 5.21 Å². The van der Waals surface area contributed by atoms with Crippen molar-refractivity contribution in [1.82, 2.24) is 15.0 Å². The molecule has 2 aromatic rings. The molecule has 1 fully saturated rings. The van der Waals surface area contributed by atoms with E-state index < -0.39 is 11.6 Å². The minimum absolute atomic E-state index is 0.152. The molecule has 0 aliphatic heterocycles. The predicted octanol–water partition coefficient (Wildman–Crippen LogP) is 2.06. The lowest BCUT2D eigenvalue weighted by Gasteiger charge is -2.07. The van der Waals surface area contributed by atoms with Crippen LogP contribution in [0.1, 0.15) is 30.0 Å². The molecule has 0 unspecified atom stereocenters. The quantitative estimate of drug-likeness (QED) is 0.907. The van der Waals surface area contributed by atoms with Crippen LogP contribution in [0.5, 0.6) is 0 Å². The molecular weight excluding hydrogens is 238 g/mol. The van der Waals surface area contributed by atoms with E-state index in [1.165, 1.54) is 6.07 Å². The molecule has 1 saturated carbocycles. The van der Waals surface area contributed by atoms with Crippen LogP contribution >= 0.6 is 0 Å². The Kier molecular flexibility index (Phi) is 2.50. The molecule has 1 aromatic heterocycles. The molecule has 1 aliphatic carbocycles. The van der Waals surface area contributed by atoms with Gasteiger partial charge in [0.1, 0.15) is 11.6 Å². The summed E-state index contributed by atoms with van der Waals surface area (Å²) in [6, 6.07) is 3.38. The second-order valence-corrected chi connectivity index (χ2v) is 4.53. The van der Waals surface area contributed by atoms with Crippen molar-refractivity contribution in [2.24, 2.45) is 0 Å². The molecule has 0 saturated heterocycles. The molecule has 1 heterocycles. The van der Waals surface area contributed by atoms with Gasteiger partial charge in [0.05, 0.1) is 12.2 Å². The number of hydrogen-bond acceptors (Lipinski definition) is 3. The van der Waals surface area contributed by atoms with Crippen LogP contribution in [0.15, 0.2) is 18.2 Å². The van der Waals surface area contributed by atoms with E-state index in [9.17, 15) is 8.78 Å². The molecular formula is C12H12F2N4. The van der Waals surface area contributed by atoms with Crippen LogP contribution in [0.3, 0.4) is 0 Å². The predicted molar refractivity (Wildman–Crippen MR) is 61.9 cm³/mol. The molecule has 6 heteroatoms. The monoisotopic (exact) mass is 250 g/mol. The van der Waals surface area contributed by atoms with E-state index in [0.717, 1.165) is 30.7 Å². The molecule has 0 spiro atoms. The van der Waals surface area contributed by atoms with Crippen LogP contribution < -0.4 is 5.73 Å². The Morgan fingerprint density at radius 3 is 2.83 bits per heavy atom. The van der Waals surface area contributed by atoms with Crippen LogP contribution in [0.4, 0.5) is 14.6 Å². The van der Waals surface area contributed by atoms with Crippen molar-refractivity contribution in [3.8, 4) is 0 Å². The van der Waals surface area contributed by atoms with Crippen LogP contribution in [-0.2, 0) is 6.54 Å². The van der Waals surface area contributed by atoms with Crippen LogP contribution in [-0.4, -0.2) is 15.0 Å². The second kappa shape index (κ2) is 4.04. The zero-order valence-corrected chi connectivity index (χ0v) is 9.61. The first-order valence-corrected chi connectivity index (χ1v) is 5.78. The molecule has 18 heavy (non-hydrogen) atoms. The number of nitrogens with two attached hydrogens (primary N) is 1. The highest BCUT2D eigenvalue weighted by molar-refractivity contribution is 5.38. The third-order valence-corrected chi connectivity index (χ3v) is 3.09. The third-order valence-electron chi connectivity index (χ3n) is 3.09. The van der Waals surface area contributed by atoms with Crippen molar-refractivity contribution in [2.45, 2.75) is 25.3 Å².